The Morgan fingerprint density at radius 3 is 2.72 bits per heavy atom. The molecule has 6 nitrogen and oxygen atoms in total. The fraction of sp³-hybridized carbons (Fsp3) is 0.348. The summed E-state index contributed by atoms with van der Waals surface area (Å²) in [5.41, 5.74) is 1.93. The van der Waals surface area contributed by atoms with Crippen LogP contribution in [-0.2, 0) is 11.3 Å². The summed E-state index contributed by atoms with van der Waals surface area (Å²) >= 11 is 0. The summed E-state index contributed by atoms with van der Waals surface area (Å²) in [5, 5.41) is 0.844. The lowest BCUT2D eigenvalue weighted by Gasteiger charge is -2.34. The van der Waals surface area contributed by atoms with Crippen LogP contribution < -0.4 is 15.1 Å². The van der Waals surface area contributed by atoms with Crippen molar-refractivity contribution >= 4 is 11.0 Å². The fourth-order valence-corrected chi connectivity index (χ4v) is 3.63. The number of rotatable bonds is 7. The number of nitrogens with zero attached hydrogens (tertiary/aromatic N) is 1. The summed E-state index contributed by atoms with van der Waals surface area (Å²) in [6.07, 6.45) is 0.845. The highest BCUT2D eigenvalue weighted by Crippen LogP contribution is 2.36. The van der Waals surface area contributed by atoms with Gasteiger partial charge in [0.15, 0.2) is 0 Å². The third-order valence-corrected chi connectivity index (χ3v) is 5.30. The van der Waals surface area contributed by atoms with E-state index in [2.05, 4.69) is 4.90 Å². The first-order valence-corrected chi connectivity index (χ1v) is 9.80. The lowest BCUT2D eigenvalue weighted by molar-refractivity contribution is 0.0475. The number of fused-ring (bicyclic) bond motifs is 3. The molecule has 3 aromatic rings. The van der Waals surface area contributed by atoms with Crippen LogP contribution in [0.1, 0.15) is 30.5 Å². The second-order valence-electron chi connectivity index (χ2n) is 7.14. The van der Waals surface area contributed by atoms with Gasteiger partial charge >= 0.3 is 5.63 Å². The quantitative estimate of drug-likeness (QED) is 0.443. The second-order valence-corrected chi connectivity index (χ2v) is 7.14. The number of methoxy groups -OCH3 is 1. The Labute approximate surface area is 169 Å². The standard InChI is InChI=1S/C23H25NO5/c1-16-21-22(19-6-3-4-7-20(19)29-23(21)25)28-15-24(16)12-5-13-27-14-17-8-10-18(26-2)11-9-17/h3-4,6-11,16H,5,12-15H2,1-2H3. The third-order valence-electron chi connectivity index (χ3n) is 5.30. The fourth-order valence-electron chi connectivity index (χ4n) is 3.63. The molecule has 1 unspecified atom stereocenters. The lowest BCUT2D eigenvalue weighted by atomic mass is 10.0. The molecule has 4 rings (SSSR count). The Hall–Kier alpha value is -2.83. The zero-order chi connectivity index (χ0) is 20.2. The van der Waals surface area contributed by atoms with E-state index in [1.54, 1.807) is 13.2 Å². The third kappa shape index (κ3) is 4.13. The van der Waals surface area contributed by atoms with Crippen molar-refractivity contribution in [1.82, 2.24) is 4.90 Å². The van der Waals surface area contributed by atoms with Crippen molar-refractivity contribution in [3.8, 4) is 11.5 Å². The largest absolute Gasteiger partial charge is 0.497 e. The summed E-state index contributed by atoms with van der Waals surface area (Å²) in [6.45, 7) is 4.43. The molecule has 0 fully saturated rings. The molecular formula is C23H25NO5. The number of hydrogen-bond donors (Lipinski definition) is 0. The molecule has 0 aliphatic carbocycles. The predicted octanol–water partition coefficient (Wildman–Crippen LogP) is 4.12. The van der Waals surface area contributed by atoms with Crippen molar-refractivity contribution in [2.24, 2.45) is 0 Å². The summed E-state index contributed by atoms with van der Waals surface area (Å²) < 4.78 is 22.4. The molecular weight excluding hydrogens is 370 g/mol. The van der Waals surface area contributed by atoms with Gasteiger partial charge in [-0.2, -0.15) is 0 Å². The molecule has 6 heteroatoms. The van der Waals surface area contributed by atoms with Gasteiger partial charge in [0.2, 0.25) is 0 Å². The Kier molecular flexibility index (Phi) is 5.83. The highest BCUT2D eigenvalue weighted by molar-refractivity contribution is 5.84. The van der Waals surface area contributed by atoms with Crippen molar-refractivity contribution in [1.29, 1.82) is 0 Å². The maximum Gasteiger partial charge on any atom is 0.344 e. The summed E-state index contributed by atoms with van der Waals surface area (Å²) in [6, 6.07) is 15.3. The van der Waals surface area contributed by atoms with Crippen LogP contribution in [0.4, 0.5) is 0 Å². The Balaban J connectivity index is 1.33. The van der Waals surface area contributed by atoms with Crippen molar-refractivity contribution < 1.29 is 18.6 Å². The van der Waals surface area contributed by atoms with Gasteiger partial charge in [0.05, 0.1) is 24.7 Å². The number of benzene rings is 2. The molecule has 0 radical (unpaired) electrons. The zero-order valence-electron chi connectivity index (χ0n) is 16.7. The molecule has 1 aliphatic heterocycles. The first-order chi connectivity index (χ1) is 14.2. The van der Waals surface area contributed by atoms with E-state index >= 15 is 0 Å². The molecule has 1 aromatic heterocycles. The van der Waals surface area contributed by atoms with E-state index in [-0.39, 0.29) is 11.7 Å². The number of hydrogen-bond acceptors (Lipinski definition) is 6. The van der Waals surface area contributed by atoms with E-state index in [9.17, 15) is 4.79 Å². The molecule has 0 N–H and O–H groups in total. The second kappa shape index (κ2) is 8.68. The van der Waals surface area contributed by atoms with E-state index in [1.165, 1.54) is 0 Å². The average molecular weight is 395 g/mol. The number of ether oxygens (including phenoxy) is 3. The Morgan fingerprint density at radius 2 is 1.93 bits per heavy atom. The first-order valence-electron chi connectivity index (χ1n) is 9.80. The molecule has 0 spiro atoms. The van der Waals surface area contributed by atoms with Crippen molar-refractivity contribution in [3.63, 3.8) is 0 Å². The van der Waals surface area contributed by atoms with Crippen LogP contribution in [0.25, 0.3) is 11.0 Å². The molecule has 1 atom stereocenters. The van der Waals surface area contributed by atoms with Crippen molar-refractivity contribution in [3.05, 3.63) is 70.1 Å². The summed E-state index contributed by atoms with van der Waals surface area (Å²) in [5.74, 6) is 1.49. The lowest BCUT2D eigenvalue weighted by Crippen LogP contribution is -2.39. The minimum absolute atomic E-state index is 0.0683. The van der Waals surface area contributed by atoms with Gasteiger partial charge in [-0.1, -0.05) is 24.3 Å². The normalized spacial score (nSPS) is 16.4. The Bertz CT molecular complexity index is 1030. The van der Waals surface area contributed by atoms with Crippen LogP contribution in [0.2, 0.25) is 0 Å². The SMILES string of the molecule is COc1ccc(COCCCN2COc3c(c(=O)oc4ccccc34)C2C)cc1. The molecule has 1 aliphatic rings. The van der Waals surface area contributed by atoms with Gasteiger partial charge in [-0.15, -0.1) is 0 Å². The van der Waals surface area contributed by atoms with Crippen LogP contribution in [-0.4, -0.2) is 31.9 Å². The van der Waals surface area contributed by atoms with E-state index in [0.717, 1.165) is 29.7 Å². The zero-order valence-corrected chi connectivity index (χ0v) is 16.7. The average Bonchev–Trinajstić information content (AvgIpc) is 2.75. The molecule has 0 saturated carbocycles. The maximum absolute atomic E-state index is 12.5. The minimum Gasteiger partial charge on any atom is -0.497 e. The summed E-state index contributed by atoms with van der Waals surface area (Å²) in [7, 11) is 1.65. The van der Waals surface area contributed by atoms with Gasteiger partial charge in [0.1, 0.15) is 23.8 Å². The molecule has 29 heavy (non-hydrogen) atoms. The summed E-state index contributed by atoms with van der Waals surface area (Å²) in [4.78, 5) is 14.6. The van der Waals surface area contributed by atoms with E-state index in [0.29, 0.717) is 36.8 Å². The minimum atomic E-state index is -0.327. The molecule has 152 valence electrons. The molecule has 2 heterocycles. The highest BCUT2D eigenvalue weighted by Gasteiger charge is 2.30. The Morgan fingerprint density at radius 1 is 1.14 bits per heavy atom. The van der Waals surface area contributed by atoms with Crippen LogP contribution in [0.15, 0.2) is 57.7 Å². The van der Waals surface area contributed by atoms with Crippen molar-refractivity contribution in [2.75, 3.05) is 27.0 Å². The van der Waals surface area contributed by atoms with E-state index in [4.69, 9.17) is 18.6 Å². The van der Waals surface area contributed by atoms with Gasteiger partial charge in [0.25, 0.3) is 0 Å². The first kappa shape index (κ1) is 19.5. The van der Waals surface area contributed by atoms with Crippen LogP contribution in [0.5, 0.6) is 11.5 Å². The smallest absolute Gasteiger partial charge is 0.344 e. The van der Waals surface area contributed by atoms with Crippen LogP contribution >= 0.6 is 0 Å². The van der Waals surface area contributed by atoms with Gasteiger partial charge in [-0.3, -0.25) is 4.90 Å². The van der Waals surface area contributed by atoms with Crippen LogP contribution in [0.3, 0.4) is 0 Å². The van der Waals surface area contributed by atoms with Crippen molar-refractivity contribution in [2.45, 2.75) is 26.0 Å². The molecule has 0 saturated heterocycles. The van der Waals surface area contributed by atoms with E-state index < -0.39 is 0 Å². The van der Waals surface area contributed by atoms with Crippen LogP contribution in [0, 0.1) is 0 Å². The van der Waals surface area contributed by atoms with E-state index in [1.807, 2.05) is 49.4 Å². The maximum atomic E-state index is 12.5. The monoisotopic (exact) mass is 395 g/mol. The van der Waals surface area contributed by atoms with Gasteiger partial charge in [-0.25, -0.2) is 4.79 Å². The highest BCUT2D eigenvalue weighted by atomic mass is 16.5. The molecule has 0 bridgehead atoms. The predicted molar refractivity (Wildman–Crippen MR) is 110 cm³/mol. The molecule has 0 amide bonds. The molecule has 2 aromatic carbocycles. The van der Waals surface area contributed by atoms with Gasteiger partial charge < -0.3 is 18.6 Å². The number of para-hydroxylation sites is 1. The topological polar surface area (TPSA) is 61.1 Å². The van der Waals surface area contributed by atoms with Gasteiger partial charge in [0, 0.05) is 19.2 Å². The van der Waals surface area contributed by atoms with Gasteiger partial charge in [-0.05, 0) is 43.2 Å².